The van der Waals surface area contributed by atoms with Crippen molar-refractivity contribution in [2.24, 2.45) is 5.73 Å². The smallest absolute Gasteiger partial charge is 0.253 e. The van der Waals surface area contributed by atoms with Crippen molar-refractivity contribution in [2.75, 3.05) is 43.1 Å². The predicted molar refractivity (Wildman–Crippen MR) is 173 cm³/mol. The number of nitrogens with one attached hydrogen (secondary N) is 1. The molecule has 3 N–H and O–H groups in total. The molecule has 3 aromatic rings. The van der Waals surface area contributed by atoms with Gasteiger partial charge in [0.15, 0.2) is 0 Å². The molecular formula is C36H44N4O4. The fourth-order valence-corrected chi connectivity index (χ4v) is 6.65. The summed E-state index contributed by atoms with van der Waals surface area (Å²) in [5.74, 6) is 0.0544. The molecule has 0 bridgehead atoms. The summed E-state index contributed by atoms with van der Waals surface area (Å²) in [5.41, 5.74) is 12.2. The van der Waals surface area contributed by atoms with Crippen LogP contribution >= 0.6 is 0 Å². The van der Waals surface area contributed by atoms with Gasteiger partial charge in [-0.1, -0.05) is 54.6 Å². The summed E-state index contributed by atoms with van der Waals surface area (Å²) in [6, 6.07) is 25.1. The van der Waals surface area contributed by atoms with Gasteiger partial charge in [-0.05, 0) is 79.0 Å². The zero-order valence-corrected chi connectivity index (χ0v) is 25.5. The topological polar surface area (TPSA) is 97.1 Å². The number of carbonyl (C=O) groups excluding carboxylic acids is 2. The molecule has 6 rings (SSSR count). The highest BCUT2D eigenvalue weighted by Crippen LogP contribution is 2.34. The zero-order valence-electron chi connectivity index (χ0n) is 25.5. The van der Waals surface area contributed by atoms with Crippen LogP contribution in [0.3, 0.4) is 0 Å². The molecule has 1 saturated carbocycles. The van der Waals surface area contributed by atoms with Crippen LogP contribution in [-0.2, 0) is 32.0 Å². The molecule has 2 aliphatic heterocycles. The molecule has 2 heterocycles. The first-order valence-electron chi connectivity index (χ1n) is 16.1. The van der Waals surface area contributed by atoms with E-state index in [2.05, 4.69) is 57.6 Å². The van der Waals surface area contributed by atoms with Gasteiger partial charge in [-0.25, -0.2) is 0 Å². The van der Waals surface area contributed by atoms with Crippen LogP contribution in [0.15, 0.2) is 72.8 Å². The average molecular weight is 597 g/mol. The van der Waals surface area contributed by atoms with E-state index in [0.717, 1.165) is 85.2 Å². The Morgan fingerprint density at radius 2 is 1.59 bits per heavy atom. The second-order valence-electron chi connectivity index (χ2n) is 12.3. The molecule has 1 aliphatic carbocycles. The lowest BCUT2D eigenvalue weighted by Crippen LogP contribution is -2.44. The van der Waals surface area contributed by atoms with Gasteiger partial charge in [0.1, 0.15) is 6.10 Å². The Kier molecular flexibility index (Phi) is 9.90. The third kappa shape index (κ3) is 7.49. The molecule has 2 amide bonds. The number of hydrogen-bond acceptors (Lipinski definition) is 6. The molecule has 232 valence electrons. The first-order valence-corrected chi connectivity index (χ1v) is 16.1. The highest BCUT2D eigenvalue weighted by Gasteiger charge is 2.29. The predicted octanol–water partition coefficient (Wildman–Crippen LogP) is 5.15. The van der Waals surface area contributed by atoms with Gasteiger partial charge >= 0.3 is 0 Å². The first-order chi connectivity index (χ1) is 21.5. The number of anilines is 2. The minimum Gasteiger partial charge on any atom is -0.378 e. The molecule has 8 nitrogen and oxygen atoms in total. The second kappa shape index (κ2) is 14.4. The quantitative estimate of drug-likeness (QED) is 0.355. The van der Waals surface area contributed by atoms with Crippen LogP contribution in [-0.4, -0.2) is 67.8 Å². The maximum Gasteiger partial charge on any atom is 0.253 e. The van der Waals surface area contributed by atoms with Crippen molar-refractivity contribution >= 4 is 23.2 Å². The van der Waals surface area contributed by atoms with Crippen molar-refractivity contribution in [2.45, 2.75) is 69.7 Å². The van der Waals surface area contributed by atoms with Gasteiger partial charge in [-0.15, -0.1) is 0 Å². The number of amides is 2. The van der Waals surface area contributed by atoms with Crippen molar-refractivity contribution < 1.29 is 19.1 Å². The van der Waals surface area contributed by atoms with Gasteiger partial charge < -0.3 is 30.3 Å². The van der Waals surface area contributed by atoms with Crippen LogP contribution in [0.1, 0.15) is 49.7 Å². The fraction of sp³-hybridized carbons (Fsp3) is 0.444. The Bertz CT molecular complexity index is 1410. The molecule has 1 unspecified atom stereocenters. The van der Waals surface area contributed by atoms with Crippen molar-refractivity contribution in [1.29, 1.82) is 0 Å². The summed E-state index contributed by atoms with van der Waals surface area (Å²) >= 11 is 0. The highest BCUT2D eigenvalue weighted by molar-refractivity contribution is 5.98. The van der Waals surface area contributed by atoms with Crippen LogP contribution in [0.5, 0.6) is 0 Å². The van der Waals surface area contributed by atoms with Crippen LogP contribution in [0.4, 0.5) is 11.4 Å². The normalized spacial score (nSPS) is 22.0. The number of ether oxygens (including phenoxy) is 2. The molecular weight excluding hydrogens is 552 g/mol. The van der Waals surface area contributed by atoms with E-state index >= 15 is 0 Å². The Morgan fingerprint density at radius 3 is 2.34 bits per heavy atom. The number of nitrogens with zero attached hydrogens (tertiary/aromatic N) is 2. The van der Waals surface area contributed by atoms with Gasteiger partial charge in [0.05, 0.1) is 31.0 Å². The van der Waals surface area contributed by atoms with E-state index in [-0.39, 0.29) is 23.9 Å². The highest BCUT2D eigenvalue weighted by atomic mass is 16.5. The lowest BCUT2D eigenvalue weighted by molar-refractivity contribution is -0.134. The number of hydrogen-bond donors (Lipinski definition) is 2. The van der Waals surface area contributed by atoms with E-state index in [1.165, 1.54) is 0 Å². The Labute approximate surface area is 260 Å². The molecule has 3 fully saturated rings. The minimum atomic E-state index is -0.409. The van der Waals surface area contributed by atoms with Gasteiger partial charge in [0, 0.05) is 38.3 Å². The third-order valence-electron chi connectivity index (χ3n) is 9.14. The SMILES string of the molecule is NC1CCC(N(Cc2cccc(-c3ccc(N4CCOCC4)c(NC(=O)C4CCCO4)c3)c2)C(=O)Cc2ccccc2)CC1. The second-order valence-corrected chi connectivity index (χ2v) is 12.3. The molecule has 1 atom stereocenters. The van der Waals surface area contributed by atoms with Crippen LogP contribution < -0.4 is 16.0 Å². The van der Waals surface area contributed by atoms with Crippen molar-refractivity contribution in [1.82, 2.24) is 4.90 Å². The number of benzene rings is 3. The van der Waals surface area contributed by atoms with Crippen molar-refractivity contribution in [3.05, 3.63) is 83.9 Å². The summed E-state index contributed by atoms with van der Waals surface area (Å²) in [5, 5.41) is 3.18. The van der Waals surface area contributed by atoms with E-state index in [1.807, 2.05) is 30.3 Å². The van der Waals surface area contributed by atoms with Crippen LogP contribution in [0, 0.1) is 0 Å². The summed E-state index contributed by atoms with van der Waals surface area (Å²) in [6.45, 7) is 4.05. The summed E-state index contributed by atoms with van der Waals surface area (Å²) in [4.78, 5) is 31.2. The van der Waals surface area contributed by atoms with Crippen LogP contribution in [0.2, 0.25) is 0 Å². The fourth-order valence-electron chi connectivity index (χ4n) is 6.65. The Morgan fingerprint density at radius 1 is 0.841 bits per heavy atom. The monoisotopic (exact) mass is 596 g/mol. The van der Waals surface area contributed by atoms with Gasteiger partial charge in [-0.3, -0.25) is 9.59 Å². The van der Waals surface area contributed by atoms with E-state index < -0.39 is 6.10 Å². The molecule has 44 heavy (non-hydrogen) atoms. The maximum absolute atomic E-state index is 13.7. The third-order valence-corrected chi connectivity index (χ3v) is 9.14. The minimum absolute atomic E-state index is 0.0947. The number of morpholine rings is 1. The van der Waals surface area contributed by atoms with E-state index in [9.17, 15) is 9.59 Å². The number of nitrogens with two attached hydrogens (primary N) is 1. The van der Waals surface area contributed by atoms with Gasteiger partial charge in [0.25, 0.3) is 5.91 Å². The summed E-state index contributed by atoms with van der Waals surface area (Å²) < 4.78 is 11.2. The standard InChI is InChI=1S/C36H44N4O4/c37-30-12-14-31(15-13-30)40(35(41)23-26-6-2-1-3-7-26)25-27-8-4-9-28(22-27)29-11-16-33(39-17-20-43-21-18-39)32(24-29)38-36(42)34-10-5-19-44-34/h1-4,6-9,11,16,22,24,30-31,34H,5,10,12-15,17-21,23,25,37H2,(H,38,42). The maximum atomic E-state index is 13.7. The molecule has 3 aromatic carbocycles. The van der Waals surface area contributed by atoms with Crippen molar-refractivity contribution in [3.8, 4) is 11.1 Å². The zero-order chi connectivity index (χ0) is 30.3. The molecule has 2 saturated heterocycles. The molecule has 8 heteroatoms. The summed E-state index contributed by atoms with van der Waals surface area (Å²) in [7, 11) is 0. The Hall–Kier alpha value is -3.72. The number of rotatable bonds is 9. The Balaban J connectivity index is 1.25. The molecule has 3 aliphatic rings. The van der Waals surface area contributed by atoms with E-state index in [0.29, 0.717) is 32.8 Å². The lowest BCUT2D eigenvalue weighted by Gasteiger charge is -2.36. The first kappa shape index (κ1) is 30.3. The van der Waals surface area contributed by atoms with E-state index in [4.69, 9.17) is 15.2 Å². The van der Waals surface area contributed by atoms with E-state index in [1.54, 1.807) is 0 Å². The number of carbonyl (C=O) groups is 2. The molecule has 0 spiro atoms. The van der Waals surface area contributed by atoms with Crippen LogP contribution in [0.25, 0.3) is 11.1 Å². The van der Waals surface area contributed by atoms with Gasteiger partial charge in [-0.2, -0.15) is 0 Å². The lowest BCUT2D eigenvalue weighted by atomic mass is 9.90. The molecule has 0 radical (unpaired) electrons. The molecule has 0 aromatic heterocycles. The average Bonchev–Trinajstić information content (AvgIpc) is 3.61. The van der Waals surface area contributed by atoms with Crippen molar-refractivity contribution in [3.63, 3.8) is 0 Å². The largest absolute Gasteiger partial charge is 0.378 e. The van der Waals surface area contributed by atoms with Gasteiger partial charge in [0.2, 0.25) is 5.91 Å². The summed E-state index contributed by atoms with van der Waals surface area (Å²) in [6.07, 6.45) is 5.36.